The SMILES string of the molecule is c1ccc(N(c2ccc3sc4cc5ccccc5cc4c3c2)c2cccc3c2sc2ccccc23)cc1. The van der Waals surface area contributed by atoms with Gasteiger partial charge >= 0.3 is 0 Å². The number of rotatable bonds is 3. The van der Waals surface area contributed by atoms with Crippen molar-refractivity contribution in [3.8, 4) is 0 Å². The molecule has 0 unspecified atom stereocenters. The molecule has 0 aliphatic carbocycles. The molecular weight excluding hydrogens is 487 g/mol. The van der Waals surface area contributed by atoms with Gasteiger partial charge in [0.05, 0.1) is 10.4 Å². The first-order chi connectivity index (χ1) is 18.3. The van der Waals surface area contributed by atoms with Gasteiger partial charge < -0.3 is 4.90 Å². The number of benzene rings is 6. The minimum atomic E-state index is 1.16. The number of hydrogen-bond acceptors (Lipinski definition) is 3. The van der Waals surface area contributed by atoms with Crippen LogP contribution in [0.3, 0.4) is 0 Å². The molecular formula is C34H21NS2. The average Bonchev–Trinajstić information content (AvgIpc) is 3.51. The molecule has 174 valence electrons. The molecule has 6 aromatic carbocycles. The van der Waals surface area contributed by atoms with Crippen LogP contribution in [0.1, 0.15) is 0 Å². The van der Waals surface area contributed by atoms with Crippen molar-refractivity contribution in [1.29, 1.82) is 0 Å². The molecule has 8 aromatic rings. The Morgan fingerprint density at radius 2 is 1.11 bits per heavy atom. The largest absolute Gasteiger partial charge is 0.309 e. The fourth-order valence-corrected chi connectivity index (χ4v) is 7.82. The van der Waals surface area contributed by atoms with Gasteiger partial charge in [0, 0.05) is 47.0 Å². The summed E-state index contributed by atoms with van der Waals surface area (Å²) in [4.78, 5) is 2.42. The van der Waals surface area contributed by atoms with E-state index in [-0.39, 0.29) is 0 Å². The maximum absolute atomic E-state index is 2.42. The van der Waals surface area contributed by atoms with Crippen molar-refractivity contribution in [2.75, 3.05) is 4.90 Å². The number of hydrogen-bond donors (Lipinski definition) is 0. The van der Waals surface area contributed by atoms with Crippen LogP contribution < -0.4 is 4.90 Å². The van der Waals surface area contributed by atoms with Crippen molar-refractivity contribution < 1.29 is 0 Å². The van der Waals surface area contributed by atoms with E-state index in [0.29, 0.717) is 0 Å². The Hall–Kier alpha value is -4.18. The van der Waals surface area contributed by atoms with Crippen LogP contribution in [0, 0.1) is 0 Å². The van der Waals surface area contributed by atoms with Crippen molar-refractivity contribution in [2.24, 2.45) is 0 Å². The second-order valence-corrected chi connectivity index (χ2v) is 11.5. The zero-order chi connectivity index (χ0) is 24.3. The van der Waals surface area contributed by atoms with Crippen LogP contribution in [0.15, 0.2) is 127 Å². The summed E-state index contributed by atoms with van der Waals surface area (Å²) in [5, 5.41) is 7.86. The van der Waals surface area contributed by atoms with Gasteiger partial charge in [-0.25, -0.2) is 0 Å². The van der Waals surface area contributed by atoms with Crippen LogP contribution in [0.25, 0.3) is 51.1 Å². The summed E-state index contributed by atoms with van der Waals surface area (Å²) >= 11 is 3.75. The standard InChI is InChI=1S/C34H21NS2/c1-2-11-24(12-3-1)35(30-15-8-14-27-26-13-6-7-16-31(26)37-34(27)30)25-17-18-32-29(21-25)28-19-22-9-4-5-10-23(22)20-33(28)36-32/h1-21H. The van der Waals surface area contributed by atoms with Crippen molar-refractivity contribution in [3.05, 3.63) is 127 Å². The highest BCUT2D eigenvalue weighted by atomic mass is 32.1. The van der Waals surface area contributed by atoms with Crippen LogP contribution in [-0.2, 0) is 0 Å². The van der Waals surface area contributed by atoms with Crippen molar-refractivity contribution in [1.82, 2.24) is 0 Å². The molecule has 0 N–H and O–H groups in total. The zero-order valence-corrected chi connectivity index (χ0v) is 21.5. The van der Waals surface area contributed by atoms with Gasteiger partial charge in [-0.05, 0) is 65.4 Å². The highest BCUT2D eigenvalue weighted by Gasteiger charge is 2.19. The fraction of sp³-hybridized carbons (Fsp3) is 0. The first-order valence-corrected chi connectivity index (χ1v) is 14.1. The highest BCUT2D eigenvalue weighted by molar-refractivity contribution is 7.26. The molecule has 0 aliphatic heterocycles. The van der Waals surface area contributed by atoms with Gasteiger partial charge in [-0.1, -0.05) is 72.8 Å². The minimum absolute atomic E-state index is 1.16. The van der Waals surface area contributed by atoms with Gasteiger partial charge in [-0.15, -0.1) is 22.7 Å². The Morgan fingerprint density at radius 1 is 0.405 bits per heavy atom. The van der Waals surface area contributed by atoms with Crippen molar-refractivity contribution >= 4 is 90.9 Å². The van der Waals surface area contributed by atoms with E-state index in [4.69, 9.17) is 0 Å². The van der Waals surface area contributed by atoms with Gasteiger partial charge in [-0.2, -0.15) is 0 Å². The summed E-state index contributed by atoms with van der Waals surface area (Å²) in [5.41, 5.74) is 3.56. The van der Waals surface area contributed by atoms with E-state index in [0.717, 1.165) is 5.69 Å². The molecule has 0 aliphatic rings. The van der Waals surface area contributed by atoms with Crippen LogP contribution in [0.5, 0.6) is 0 Å². The molecule has 3 heteroatoms. The lowest BCUT2D eigenvalue weighted by atomic mass is 10.1. The molecule has 0 bridgehead atoms. The number of para-hydroxylation sites is 1. The van der Waals surface area contributed by atoms with Crippen LogP contribution >= 0.6 is 22.7 Å². The summed E-state index contributed by atoms with van der Waals surface area (Å²) in [5.74, 6) is 0. The second-order valence-electron chi connectivity index (χ2n) is 9.40. The lowest BCUT2D eigenvalue weighted by Gasteiger charge is -2.26. The lowest BCUT2D eigenvalue weighted by molar-refractivity contribution is 1.31. The Morgan fingerprint density at radius 3 is 2.00 bits per heavy atom. The summed E-state index contributed by atoms with van der Waals surface area (Å²) in [6.07, 6.45) is 0. The minimum Gasteiger partial charge on any atom is -0.309 e. The van der Waals surface area contributed by atoms with Gasteiger partial charge in [0.25, 0.3) is 0 Å². The van der Waals surface area contributed by atoms with Crippen LogP contribution in [0.2, 0.25) is 0 Å². The van der Waals surface area contributed by atoms with Gasteiger partial charge in [0.2, 0.25) is 0 Å². The van der Waals surface area contributed by atoms with Gasteiger partial charge in [-0.3, -0.25) is 0 Å². The second kappa shape index (κ2) is 8.17. The highest BCUT2D eigenvalue weighted by Crippen LogP contribution is 2.46. The first-order valence-electron chi connectivity index (χ1n) is 12.4. The maximum atomic E-state index is 2.42. The summed E-state index contributed by atoms with van der Waals surface area (Å²) in [6, 6.07) is 46.5. The van der Waals surface area contributed by atoms with Crippen LogP contribution in [0.4, 0.5) is 17.1 Å². The monoisotopic (exact) mass is 507 g/mol. The topological polar surface area (TPSA) is 3.24 Å². The average molecular weight is 508 g/mol. The molecule has 0 atom stereocenters. The van der Waals surface area contributed by atoms with E-state index in [1.165, 1.54) is 62.5 Å². The van der Waals surface area contributed by atoms with E-state index in [9.17, 15) is 0 Å². The zero-order valence-electron chi connectivity index (χ0n) is 19.9. The molecule has 0 saturated heterocycles. The summed E-state index contributed by atoms with van der Waals surface area (Å²) < 4.78 is 5.30. The molecule has 37 heavy (non-hydrogen) atoms. The van der Waals surface area contributed by atoms with Crippen molar-refractivity contribution in [2.45, 2.75) is 0 Å². The molecule has 8 rings (SSSR count). The number of anilines is 3. The summed E-state index contributed by atoms with van der Waals surface area (Å²) in [7, 11) is 0. The number of nitrogens with zero attached hydrogens (tertiary/aromatic N) is 1. The molecule has 1 nitrogen and oxygen atoms in total. The third-order valence-corrected chi connectivity index (χ3v) is 9.56. The quantitative estimate of drug-likeness (QED) is 0.230. The first kappa shape index (κ1) is 21.0. The number of fused-ring (bicyclic) bond motifs is 7. The van der Waals surface area contributed by atoms with E-state index < -0.39 is 0 Å². The molecule has 2 aromatic heterocycles. The van der Waals surface area contributed by atoms with E-state index in [1.807, 2.05) is 22.7 Å². The molecule has 0 saturated carbocycles. The normalized spacial score (nSPS) is 11.8. The van der Waals surface area contributed by atoms with Crippen LogP contribution in [-0.4, -0.2) is 0 Å². The van der Waals surface area contributed by atoms with Gasteiger partial charge in [0.15, 0.2) is 0 Å². The Kier molecular flexibility index (Phi) is 4.63. The van der Waals surface area contributed by atoms with E-state index in [1.54, 1.807) is 0 Å². The molecule has 0 fully saturated rings. The Balaban J connectivity index is 1.41. The Bertz CT molecular complexity index is 2100. The smallest absolute Gasteiger partial charge is 0.0640 e. The third-order valence-electron chi connectivity index (χ3n) is 7.22. The maximum Gasteiger partial charge on any atom is 0.0640 e. The van der Waals surface area contributed by atoms with Crippen molar-refractivity contribution in [3.63, 3.8) is 0 Å². The number of thiophene rings is 2. The van der Waals surface area contributed by atoms with E-state index in [2.05, 4.69) is 132 Å². The van der Waals surface area contributed by atoms with E-state index >= 15 is 0 Å². The molecule has 2 heterocycles. The predicted molar refractivity (Wildman–Crippen MR) is 164 cm³/mol. The molecule has 0 radical (unpaired) electrons. The molecule has 0 amide bonds. The van der Waals surface area contributed by atoms with Gasteiger partial charge in [0.1, 0.15) is 0 Å². The fourth-order valence-electron chi connectivity index (χ4n) is 5.50. The predicted octanol–water partition coefficient (Wildman–Crippen LogP) is 11.0. The lowest BCUT2D eigenvalue weighted by Crippen LogP contribution is -2.09. The molecule has 0 spiro atoms. The third kappa shape index (κ3) is 3.28. The Labute approximate surface area is 222 Å². The summed E-state index contributed by atoms with van der Waals surface area (Å²) in [6.45, 7) is 0.